The fourth-order valence-electron chi connectivity index (χ4n) is 4.26. The van der Waals surface area contributed by atoms with Gasteiger partial charge in [0.25, 0.3) is 0 Å². The molecule has 7 nitrogen and oxygen atoms in total. The number of ether oxygens (including phenoxy) is 2. The molecule has 2 heterocycles. The highest BCUT2D eigenvalue weighted by Gasteiger charge is 2.51. The van der Waals surface area contributed by atoms with Crippen LogP contribution in [0.15, 0.2) is 73.1 Å². The van der Waals surface area contributed by atoms with E-state index >= 15 is 4.39 Å². The number of fused-ring (bicyclic) bond motifs is 1. The minimum Gasteiger partial charge on any atom is -0.489 e. The molecule has 1 saturated heterocycles. The van der Waals surface area contributed by atoms with E-state index in [1.165, 1.54) is 6.07 Å². The van der Waals surface area contributed by atoms with Crippen LogP contribution in [0.1, 0.15) is 38.8 Å². The Morgan fingerprint density at radius 3 is 2.39 bits per heavy atom. The minimum absolute atomic E-state index is 0.0362. The van der Waals surface area contributed by atoms with Crippen molar-refractivity contribution in [3.8, 4) is 11.4 Å². The molecule has 9 heteroatoms. The summed E-state index contributed by atoms with van der Waals surface area (Å²) in [6, 6.07) is 20.2. The lowest BCUT2D eigenvalue weighted by Gasteiger charge is -2.32. The molecule has 0 amide bonds. The van der Waals surface area contributed by atoms with Crippen molar-refractivity contribution < 1.29 is 28.0 Å². The first-order valence-corrected chi connectivity index (χ1v) is 12.6. The minimum atomic E-state index is -0.676. The van der Waals surface area contributed by atoms with Crippen LogP contribution in [0.5, 0.6) is 5.75 Å². The van der Waals surface area contributed by atoms with Crippen LogP contribution in [-0.2, 0) is 32.1 Å². The van der Waals surface area contributed by atoms with Crippen molar-refractivity contribution >= 4 is 24.1 Å². The highest BCUT2D eigenvalue weighted by Crippen LogP contribution is 2.37. The fourth-order valence-corrected chi connectivity index (χ4v) is 4.26. The van der Waals surface area contributed by atoms with Crippen molar-refractivity contribution in [1.82, 2.24) is 9.55 Å². The highest BCUT2D eigenvalue weighted by atomic mass is 19.1. The van der Waals surface area contributed by atoms with E-state index in [2.05, 4.69) is 4.98 Å². The second-order valence-corrected chi connectivity index (χ2v) is 10.4. The second-order valence-electron chi connectivity index (χ2n) is 10.4. The zero-order valence-electron chi connectivity index (χ0n) is 21.9. The molecule has 5 rings (SSSR count). The SMILES string of the molecule is CC1(C)OB(CC(=O)OCc2ccc(-n3cnc4cc(OCc5ccccc5)ccc43)c(F)c2)OC1(C)C. The van der Waals surface area contributed by atoms with Crippen LogP contribution in [0.2, 0.25) is 6.32 Å². The number of imidazole rings is 1. The van der Waals surface area contributed by atoms with Crippen LogP contribution >= 0.6 is 0 Å². The number of carbonyl (C=O) groups is 1. The molecule has 196 valence electrons. The van der Waals surface area contributed by atoms with Crippen molar-refractivity contribution in [2.45, 2.75) is 58.4 Å². The van der Waals surface area contributed by atoms with Crippen LogP contribution in [0, 0.1) is 5.82 Å². The molecule has 3 aromatic carbocycles. The van der Waals surface area contributed by atoms with Gasteiger partial charge in [0.1, 0.15) is 31.1 Å². The van der Waals surface area contributed by atoms with Gasteiger partial charge in [0, 0.05) is 6.07 Å². The summed E-state index contributed by atoms with van der Waals surface area (Å²) in [6.45, 7) is 8.08. The zero-order chi connectivity index (χ0) is 26.9. The first kappa shape index (κ1) is 25.9. The summed E-state index contributed by atoms with van der Waals surface area (Å²) in [5.41, 5.74) is 2.34. The van der Waals surface area contributed by atoms with Crippen molar-refractivity contribution in [3.05, 3.63) is 90.0 Å². The van der Waals surface area contributed by atoms with Crippen LogP contribution in [0.4, 0.5) is 4.39 Å². The molecule has 0 N–H and O–H groups in total. The predicted molar refractivity (Wildman–Crippen MR) is 142 cm³/mol. The third-order valence-electron chi connectivity index (χ3n) is 7.07. The molecule has 0 saturated carbocycles. The summed E-state index contributed by atoms with van der Waals surface area (Å²) in [6.07, 6.45) is 1.54. The molecule has 1 aliphatic heterocycles. The van der Waals surface area contributed by atoms with Crippen LogP contribution < -0.4 is 4.74 Å². The topological polar surface area (TPSA) is 71.8 Å². The van der Waals surface area contributed by atoms with Crippen LogP contribution in [-0.4, -0.2) is 33.8 Å². The van der Waals surface area contributed by atoms with E-state index in [0.717, 1.165) is 11.1 Å². The Morgan fingerprint density at radius 2 is 1.68 bits per heavy atom. The van der Waals surface area contributed by atoms with Crippen molar-refractivity contribution in [3.63, 3.8) is 0 Å². The lowest BCUT2D eigenvalue weighted by atomic mass is 9.85. The molecule has 1 aromatic heterocycles. The van der Waals surface area contributed by atoms with Crippen LogP contribution in [0.3, 0.4) is 0 Å². The van der Waals surface area contributed by atoms with E-state index in [9.17, 15) is 4.79 Å². The third-order valence-corrected chi connectivity index (χ3v) is 7.07. The fraction of sp³-hybridized carbons (Fsp3) is 0.310. The van der Waals surface area contributed by atoms with Crippen molar-refractivity contribution in [2.75, 3.05) is 0 Å². The van der Waals surface area contributed by atoms with E-state index in [1.807, 2.05) is 76.2 Å². The molecule has 1 aliphatic rings. The lowest BCUT2D eigenvalue weighted by molar-refractivity contribution is -0.142. The largest absolute Gasteiger partial charge is 0.489 e. The Balaban J connectivity index is 1.21. The Morgan fingerprint density at radius 1 is 0.947 bits per heavy atom. The first-order valence-electron chi connectivity index (χ1n) is 12.6. The van der Waals surface area contributed by atoms with Gasteiger partial charge in [-0.2, -0.15) is 0 Å². The predicted octanol–water partition coefficient (Wildman–Crippen LogP) is 5.88. The maximum atomic E-state index is 15.1. The summed E-state index contributed by atoms with van der Waals surface area (Å²) in [4.78, 5) is 16.8. The number of rotatable bonds is 8. The molecule has 1 fully saturated rings. The molecule has 0 aliphatic carbocycles. The Labute approximate surface area is 221 Å². The molecule has 0 bridgehead atoms. The van der Waals surface area contributed by atoms with Gasteiger partial charge in [-0.05, 0) is 63.1 Å². The average molecular weight is 516 g/mol. The van der Waals surface area contributed by atoms with E-state index in [-0.39, 0.29) is 12.9 Å². The maximum Gasteiger partial charge on any atom is 0.469 e. The van der Waals surface area contributed by atoms with Gasteiger partial charge in [0.05, 0.1) is 34.2 Å². The monoisotopic (exact) mass is 516 g/mol. The Kier molecular flexibility index (Phi) is 6.98. The molecule has 38 heavy (non-hydrogen) atoms. The maximum absolute atomic E-state index is 15.1. The summed E-state index contributed by atoms with van der Waals surface area (Å²) < 4.78 is 39.7. The smallest absolute Gasteiger partial charge is 0.469 e. The van der Waals surface area contributed by atoms with Gasteiger partial charge < -0.3 is 18.8 Å². The van der Waals surface area contributed by atoms with Crippen molar-refractivity contribution in [1.29, 1.82) is 0 Å². The summed E-state index contributed by atoms with van der Waals surface area (Å²) in [5, 5.41) is 0. The quantitative estimate of drug-likeness (QED) is 0.215. The van der Waals surface area contributed by atoms with Gasteiger partial charge in [0.2, 0.25) is 0 Å². The molecule has 0 unspecified atom stereocenters. The molecule has 0 radical (unpaired) electrons. The Bertz CT molecular complexity index is 1440. The normalized spacial score (nSPS) is 16.1. The number of hydrogen-bond donors (Lipinski definition) is 0. The molecule has 0 atom stereocenters. The number of esters is 1. The average Bonchev–Trinajstić information content (AvgIpc) is 3.38. The van der Waals surface area contributed by atoms with E-state index in [0.29, 0.717) is 29.1 Å². The van der Waals surface area contributed by atoms with Crippen LogP contribution in [0.25, 0.3) is 16.7 Å². The first-order chi connectivity index (χ1) is 18.1. The number of nitrogens with zero attached hydrogens (tertiary/aromatic N) is 2. The Hall–Kier alpha value is -3.69. The summed E-state index contributed by atoms with van der Waals surface area (Å²) in [7, 11) is -0.676. The zero-order valence-corrected chi connectivity index (χ0v) is 21.9. The summed E-state index contributed by atoms with van der Waals surface area (Å²) in [5.74, 6) is -0.239. The standard InChI is InChI=1S/C29H30BFN2O5/c1-28(2)29(3,4)38-30(37-28)16-27(34)36-18-21-10-12-25(23(31)14-21)33-19-32-24-15-22(11-13-26(24)33)35-17-20-8-6-5-7-9-20/h5-15,19H,16-18H2,1-4H3. The number of carbonyl (C=O) groups excluding carboxylic acids is 1. The van der Waals surface area contributed by atoms with Gasteiger partial charge in [-0.25, -0.2) is 9.37 Å². The number of benzene rings is 3. The van der Waals surface area contributed by atoms with Gasteiger partial charge >= 0.3 is 13.1 Å². The number of aromatic nitrogens is 2. The molecular weight excluding hydrogens is 486 g/mol. The third kappa shape index (κ3) is 5.44. The number of halogens is 1. The van der Waals surface area contributed by atoms with E-state index < -0.39 is 30.1 Å². The molecular formula is C29H30BFN2O5. The highest BCUT2D eigenvalue weighted by molar-refractivity contribution is 6.49. The molecule has 4 aromatic rings. The molecule has 0 spiro atoms. The van der Waals surface area contributed by atoms with Gasteiger partial charge in [-0.15, -0.1) is 0 Å². The van der Waals surface area contributed by atoms with Crippen molar-refractivity contribution in [2.24, 2.45) is 0 Å². The summed E-state index contributed by atoms with van der Waals surface area (Å²) >= 11 is 0. The van der Waals surface area contributed by atoms with Gasteiger partial charge in [-0.1, -0.05) is 36.4 Å². The van der Waals surface area contributed by atoms with Gasteiger partial charge in [-0.3, -0.25) is 9.36 Å². The lowest BCUT2D eigenvalue weighted by Crippen LogP contribution is -2.41. The van der Waals surface area contributed by atoms with E-state index in [1.54, 1.807) is 23.0 Å². The number of hydrogen-bond acceptors (Lipinski definition) is 6. The van der Waals surface area contributed by atoms with Gasteiger partial charge in [0.15, 0.2) is 0 Å². The second kappa shape index (κ2) is 10.2. The van der Waals surface area contributed by atoms with E-state index in [4.69, 9.17) is 18.8 Å².